The van der Waals surface area contributed by atoms with E-state index in [-0.39, 0.29) is 23.3 Å². The Hall–Kier alpha value is -3.34. The largest absolute Gasteiger partial charge is 0.494 e. The average molecular weight is 486 g/mol. The van der Waals surface area contributed by atoms with E-state index in [1.54, 1.807) is 11.0 Å². The molecule has 2 aliphatic heterocycles. The molecule has 0 unspecified atom stereocenters. The molecule has 1 aromatic carbocycles. The fraction of sp³-hybridized carbons (Fsp3) is 0.440. The second kappa shape index (κ2) is 11.4. The number of nitrogens with zero attached hydrogens (tertiary/aromatic N) is 1. The van der Waals surface area contributed by atoms with Crippen molar-refractivity contribution >= 4 is 29.2 Å². The maximum atomic E-state index is 13.6. The Labute approximate surface area is 204 Å². The molecule has 0 aliphatic carbocycles. The molecule has 3 heterocycles. The molecule has 2 aliphatic rings. The first-order chi connectivity index (χ1) is 17.0. The Morgan fingerprint density at radius 2 is 1.66 bits per heavy atom. The molecule has 188 valence electrons. The predicted molar refractivity (Wildman–Crippen MR) is 130 cm³/mol. The molecule has 0 saturated carbocycles. The Kier molecular flexibility index (Phi) is 8.06. The van der Waals surface area contributed by atoms with E-state index in [1.165, 1.54) is 14.2 Å². The maximum Gasteiger partial charge on any atom is 0.263 e. The zero-order valence-corrected chi connectivity index (χ0v) is 20.3. The highest BCUT2D eigenvalue weighted by Gasteiger charge is 2.30. The number of benzene rings is 1. The van der Waals surface area contributed by atoms with Gasteiger partial charge in [-0.3, -0.25) is 9.59 Å². The lowest BCUT2D eigenvalue weighted by Crippen LogP contribution is -2.37. The zero-order valence-electron chi connectivity index (χ0n) is 20.3. The summed E-state index contributed by atoms with van der Waals surface area (Å²) in [5.41, 5.74) is 3.75. The molecule has 1 fully saturated rings. The van der Waals surface area contributed by atoms with Crippen LogP contribution in [0.3, 0.4) is 0 Å². The van der Waals surface area contributed by atoms with Gasteiger partial charge in [-0.1, -0.05) is 11.6 Å². The molecular weight excluding hydrogens is 454 g/mol. The van der Waals surface area contributed by atoms with E-state index in [2.05, 4.69) is 10.3 Å². The first kappa shape index (κ1) is 24.8. The average Bonchev–Trinajstić information content (AvgIpc) is 3.35. The summed E-state index contributed by atoms with van der Waals surface area (Å²) < 4.78 is 27.8. The van der Waals surface area contributed by atoms with Gasteiger partial charge in [-0.15, -0.1) is 0 Å². The van der Waals surface area contributed by atoms with Gasteiger partial charge in [-0.2, -0.15) is 0 Å². The molecular formula is C25H31N3O7. The van der Waals surface area contributed by atoms with Crippen molar-refractivity contribution < 1.29 is 33.3 Å². The Bertz CT molecular complexity index is 1100. The van der Waals surface area contributed by atoms with Crippen molar-refractivity contribution in [3.63, 3.8) is 0 Å². The minimum atomic E-state index is -0.285. The molecule has 10 heteroatoms. The minimum Gasteiger partial charge on any atom is -0.494 e. The zero-order chi connectivity index (χ0) is 24.8. The normalized spacial score (nSPS) is 18.4. The fourth-order valence-electron chi connectivity index (χ4n) is 4.09. The highest BCUT2D eigenvalue weighted by Crippen LogP contribution is 2.39. The van der Waals surface area contributed by atoms with Gasteiger partial charge in [0.1, 0.15) is 5.56 Å². The SMILES string of the molecule is COc1[nH]c(/C=C2\C(=O)Nc3ccc(C)cc32)c(OC)c1C(=O)N1CCOCCOCCOCC1. The number of methoxy groups -OCH3 is 2. The summed E-state index contributed by atoms with van der Waals surface area (Å²) in [6, 6.07) is 5.76. The molecule has 4 rings (SSSR count). The number of nitrogens with one attached hydrogen (secondary N) is 2. The number of carbonyl (C=O) groups is 2. The van der Waals surface area contributed by atoms with Gasteiger partial charge in [0.15, 0.2) is 5.75 Å². The van der Waals surface area contributed by atoms with Gasteiger partial charge < -0.3 is 38.9 Å². The van der Waals surface area contributed by atoms with Crippen LogP contribution in [-0.4, -0.2) is 88.6 Å². The molecule has 0 radical (unpaired) electrons. The predicted octanol–water partition coefficient (Wildman–Crippen LogP) is 2.34. The van der Waals surface area contributed by atoms with E-state index in [4.69, 9.17) is 23.7 Å². The van der Waals surface area contributed by atoms with Crippen molar-refractivity contribution in [2.45, 2.75) is 6.92 Å². The van der Waals surface area contributed by atoms with Gasteiger partial charge in [0.25, 0.3) is 11.8 Å². The number of hydrogen-bond acceptors (Lipinski definition) is 7. The van der Waals surface area contributed by atoms with E-state index >= 15 is 0 Å². The number of hydrogen-bond donors (Lipinski definition) is 2. The molecule has 2 N–H and O–H groups in total. The van der Waals surface area contributed by atoms with Crippen molar-refractivity contribution in [1.82, 2.24) is 9.88 Å². The van der Waals surface area contributed by atoms with Crippen LogP contribution in [0.2, 0.25) is 0 Å². The van der Waals surface area contributed by atoms with Crippen molar-refractivity contribution in [3.05, 3.63) is 40.6 Å². The van der Waals surface area contributed by atoms with Crippen LogP contribution in [0.4, 0.5) is 5.69 Å². The van der Waals surface area contributed by atoms with Gasteiger partial charge in [0.2, 0.25) is 5.88 Å². The smallest absolute Gasteiger partial charge is 0.263 e. The van der Waals surface area contributed by atoms with Crippen LogP contribution >= 0.6 is 0 Å². The van der Waals surface area contributed by atoms with E-state index in [9.17, 15) is 9.59 Å². The van der Waals surface area contributed by atoms with Gasteiger partial charge in [0.05, 0.1) is 65.1 Å². The number of anilines is 1. The van der Waals surface area contributed by atoms with Gasteiger partial charge in [-0.25, -0.2) is 0 Å². The summed E-state index contributed by atoms with van der Waals surface area (Å²) in [5, 5.41) is 2.87. The van der Waals surface area contributed by atoms with Crippen LogP contribution < -0.4 is 14.8 Å². The Morgan fingerprint density at radius 1 is 1.00 bits per heavy atom. The van der Waals surface area contributed by atoms with Crippen LogP contribution in [0, 0.1) is 6.92 Å². The third kappa shape index (κ3) is 5.50. The molecule has 0 spiro atoms. The van der Waals surface area contributed by atoms with Crippen molar-refractivity contribution in [2.75, 3.05) is 72.3 Å². The molecule has 0 atom stereocenters. The number of aryl methyl sites for hydroxylation is 1. The standard InChI is InChI=1S/C25H31N3O7/c1-16-4-5-19-17(14-16)18(23(29)26-19)15-20-22(31-2)21(24(27-20)32-3)25(30)28-6-8-33-10-12-35-13-11-34-9-7-28/h4-5,14-15,27H,6-13H2,1-3H3,(H,26,29)/b18-15-. The number of carbonyl (C=O) groups excluding carboxylic acids is 2. The van der Waals surface area contributed by atoms with E-state index in [0.29, 0.717) is 69.7 Å². The lowest BCUT2D eigenvalue weighted by Gasteiger charge is -2.23. The van der Waals surface area contributed by atoms with Gasteiger partial charge >= 0.3 is 0 Å². The van der Waals surface area contributed by atoms with Crippen LogP contribution in [0.1, 0.15) is 27.2 Å². The lowest BCUT2D eigenvalue weighted by atomic mass is 10.0. The number of ether oxygens (including phenoxy) is 5. The Morgan fingerprint density at radius 3 is 2.29 bits per heavy atom. The quantitative estimate of drug-likeness (QED) is 0.640. The van der Waals surface area contributed by atoms with Crippen molar-refractivity contribution in [3.8, 4) is 11.6 Å². The molecule has 1 aromatic heterocycles. The summed E-state index contributed by atoms with van der Waals surface area (Å²) in [6.45, 7) is 5.26. The molecule has 1 saturated heterocycles. The minimum absolute atomic E-state index is 0.226. The summed E-state index contributed by atoms with van der Waals surface area (Å²) in [7, 11) is 2.96. The third-order valence-electron chi connectivity index (χ3n) is 5.86. The van der Waals surface area contributed by atoms with Crippen molar-refractivity contribution in [2.24, 2.45) is 0 Å². The number of fused-ring (bicyclic) bond motifs is 1. The maximum absolute atomic E-state index is 13.6. The molecule has 35 heavy (non-hydrogen) atoms. The van der Waals surface area contributed by atoms with Crippen LogP contribution in [0.25, 0.3) is 11.6 Å². The first-order valence-electron chi connectivity index (χ1n) is 11.5. The molecule has 2 amide bonds. The monoisotopic (exact) mass is 485 g/mol. The summed E-state index contributed by atoms with van der Waals surface area (Å²) in [5.74, 6) is 0.0418. The number of aromatic nitrogens is 1. The number of amides is 2. The molecule has 2 aromatic rings. The summed E-state index contributed by atoms with van der Waals surface area (Å²) in [4.78, 5) is 31.1. The Balaban J connectivity index is 1.66. The van der Waals surface area contributed by atoms with E-state index in [0.717, 1.165) is 16.8 Å². The van der Waals surface area contributed by atoms with E-state index < -0.39 is 0 Å². The highest BCUT2D eigenvalue weighted by molar-refractivity contribution is 6.35. The van der Waals surface area contributed by atoms with Crippen LogP contribution in [0.15, 0.2) is 18.2 Å². The highest BCUT2D eigenvalue weighted by atomic mass is 16.5. The number of aromatic amines is 1. The molecule has 10 nitrogen and oxygen atoms in total. The first-order valence-corrected chi connectivity index (χ1v) is 11.5. The third-order valence-corrected chi connectivity index (χ3v) is 5.86. The van der Waals surface area contributed by atoms with Gasteiger partial charge in [0, 0.05) is 24.3 Å². The fourth-order valence-corrected chi connectivity index (χ4v) is 4.09. The number of rotatable bonds is 4. The summed E-state index contributed by atoms with van der Waals surface area (Å²) in [6.07, 6.45) is 1.68. The lowest BCUT2D eigenvalue weighted by molar-refractivity contribution is -0.110. The van der Waals surface area contributed by atoms with Crippen molar-refractivity contribution in [1.29, 1.82) is 0 Å². The number of H-pyrrole nitrogens is 1. The topological polar surface area (TPSA) is 111 Å². The van der Waals surface area contributed by atoms with E-state index in [1.807, 2.05) is 25.1 Å². The second-order valence-corrected chi connectivity index (χ2v) is 8.17. The van der Waals surface area contributed by atoms with Crippen LogP contribution in [-0.2, 0) is 19.0 Å². The van der Waals surface area contributed by atoms with Gasteiger partial charge in [-0.05, 0) is 25.1 Å². The summed E-state index contributed by atoms with van der Waals surface area (Å²) >= 11 is 0. The van der Waals surface area contributed by atoms with Crippen LogP contribution in [0.5, 0.6) is 11.6 Å². The molecule has 0 bridgehead atoms. The second-order valence-electron chi connectivity index (χ2n) is 8.17.